The molecule has 0 amide bonds. The van der Waals surface area contributed by atoms with Crippen LogP contribution in [0.15, 0.2) is 18.5 Å². The van der Waals surface area contributed by atoms with Gasteiger partial charge in [0, 0.05) is 18.9 Å². The molecule has 3 nitrogen and oxygen atoms in total. The summed E-state index contributed by atoms with van der Waals surface area (Å²) in [5, 5.41) is 8.68. The molecule has 0 saturated carbocycles. The summed E-state index contributed by atoms with van der Waals surface area (Å²) in [7, 11) is 0. The minimum atomic E-state index is -4.58. The summed E-state index contributed by atoms with van der Waals surface area (Å²) < 4.78 is 39.8. The Labute approximate surface area is 78.7 Å². The Morgan fingerprint density at radius 2 is 2.14 bits per heavy atom. The van der Waals surface area contributed by atoms with Gasteiger partial charge in [-0.15, -0.1) is 13.2 Å². The number of aliphatic hydroxyl groups is 1. The van der Waals surface area contributed by atoms with Crippen molar-refractivity contribution < 1.29 is 23.0 Å². The van der Waals surface area contributed by atoms with Crippen LogP contribution in [-0.4, -0.2) is 22.6 Å². The molecule has 0 bridgehead atoms. The van der Waals surface area contributed by atoms with Crippen LogP contribution in [0.2, 0.25) is 0 Å². The molecule has 14 heavy (non-hydrogen) atoms. The van der Waals surface area contributed by atoms with Crippen LogP contribution in [0, 0.1) is 0 Å². The number of aliphatic hydroxyl groups excluding tert-OH is 1. The molecule has 0 aliphatic rings. The minimum absolute atomic E-state index is 0.111. The van der Waals surface area contributed by atoms with Crippen LogP contribution in [0.25, 0.3) is 0 Å². The predicted molar refractivity (Wildman–Crippen MR) is 42.4 cm³/mol. The highest BCUT2D eigenvalue weighted by Gasteiger charge is 2.28. The van der Waals surface area contributed by atoms with E-state index in [1.54, 1.807) is 18.5 Å². The van der Waals surface area contributed by atoms with Gasteiger partial charge in [-0.2, -0.15) is 0 Å². The summed E-state index contributed by atoms with van der Waals surface area (Å²) in [6, 6.07) is 1.63. The number of hydrogen-bond donors (Lipinski definition) is 1. The van der Waals surface area contributed by atoms with Crippen molar-refractivity contribution in [2.24, 2.45) is 0 Å². The largest absolute Gasteiger partial charge is 0.522 e. The molecule has 0 atom stereocenters. The molecule has 6 heteroatoms. The van der Waals surface area contributed by atoms with Gasteiger partial charge in [0.2, 0.25) is 0 Å². The summed E-state index contributed by atoms with van der Waals surface area (Å²) >= 11 is 0. The highest BCUT2D eigenvalue weighted by molar-refractivity contribution is 5.08. The van der Waals surface area contributed by atoms with Gasteiger partial charge in [-0.25, -0.2) is 0 Å². The maximum atomic E-state index is 11.6. The fourth-order valence-electron chi connectivity index (χ4n) is 0.990. The molecule has 1 aromatic heterocycles. The second-order valence-corrected chi connectivity index (χ2v) is 2.71. The molecular formula is C8H10F3NO2. The molecule has 0 fully saturated rings. The van der Waals surface area contributed by atoms with Crippen molar-refractivity contribution in [3.63, 3.8) is 0 Å². The standard InChI is InChI=1S/C8H10F3NO2/c9-8(10,11)14-4-3-12-2-1-7(5-12)6-13/h1-2,5,13H,3-4,6H2. The summed E-state index contributed by atoms with van der Waals surface area (Å²) in [5.41, 5.74) is 0.664. The second-order valence-electron chi connectivity index (χ2n) is 2.71. The number of alkyl halides is 3. The van der Waals surface area contributed by atoms with Crippen LogP contribution in [0.5, 0.6) is 0 Å². The lowest BCUT2D eigenvalue weighted by Crippen LogP contribution is -2.16. The summed E-state index contributed by atoms with van der Waals surface area (Å²) in [6.07, 6.45) is -1.42. The average Bonchev–Trinajstić information content (AvgIpc) is 2.50. The third-order valence-electron chi connectivity index (χ3n) is 1.61. The Morgan fingerprint density at radius 1 is 1.43 bits per heavy atom. The first-order chi connectivity index (χ1) is 6.51. The van der Waals surface area contributed by atoms with Gasteiger partial charge in [-0.3, -0.25) is 4.74 Å². The maximum Gasteiger partial charge on any atom is 0.522 e. The fourth-order valence-corrected chi connectivity index (χ4v) is 0.990. The average molecular weight is 209 g/mol. The van der Waals surface area contributed by atoms with Gasteiger partial charge in [0.1, 0.15) is 0 Å². The van der Waals surface area contributed by atoms with E-state index < -0.39 is 13.0 Å². The molecule has 0 radical (unpaired) electrons. The van der Waals surface area contributed by atoms with Crippen LogP contribution in [-0.2, 0) is 17.9 Å². The molecule has 0 aliphatic carbocycles. The summed E-state index contributed by atoms with van der Waals surface area (Å²) in [5.74, 6) is 0. The van der Waals surface area contributed by atoms with Gasteiger partial charge in [-0.05, 0) is 11.6 Å². The molecule has 0 aliphatic heterocycles. The van der Waals surface area contributed by atoms with E-state index in [-0.39, 0.29) is 13.2 Å². The van der Waals surface area contributed by atoms with Crippen LogP contribution in [0.4, 0.5) is 13.2 Å². The SMILES string of the molecule is OCc1ccn(CCOC(F)(F)F)c1. The molecule has 1 heterocycles. The van der Waals surface area contributed by atoms with E-state index >= 15 is 0 Å². The zero-order chi connectivity index (χ0) is 10.6. The first-order valence-electron chi connectivity index (χ1n) is 3.97. The Bertz CT molecular complexity index is 282. The summed E-state index contributed by atoms with van der Waals surface area (Å²) in [4.78, 5) is 0. The van der Waals surface area contributed by atoms with E-state index in [0.717, 1.165) is 0 Å². The molecule has 0 saturated heterocycles. The molecule has 0 unspecified atom stereocenters. The van der Waals surface area contributed by atoms with Gasteiger partial charge >= 0.3 is 6.36 Å². The van der Waals surface area contributed by atoms with Crippen LogP contribution in [0.3, 0.4) is 0 Å². The quantitative estimate of drug-likeness (QED) is 0.815. The van der Waals surface area contributed by atoms with Crippen molar-refractivity contribution in [3.05, 3.63) is 24.0 Å². The molecule has 1 aromatic rings. The highest BCUT2D eigenvalue weighted by Crippen LogP contribution is 2.15. The van der Waals surface area contributed by atoms with Gasteiger partial charge in [-0.1, -0.05) is 0 Å². The normalized spacial score (nSPS) is 12.0. The van der Waals surface area contributed by atoms with E-state index in [0.29, 0.717) is 5.56 Å². The van der Waals surface area contributed by atoms with E-state index in [4.69, 9.17) is 5.11 Å². The molecule has 0 spiro atoms. The maximum absolute atomic E-state index is 11.6. The van der Waals surface area contributed by atoms with Gasteiger partial charge in [0.05, 0.1) is 13.2 Å². The second kappa shape index (κ2) is 4.47. The lowest BCUT2D eigenvalue weighted by atomic mass is 10.4. The highest BCUT2D eigenvalue weighted by atomic mass is 19.4. The van der Waals surface area contributed by atoms with Crippen LogP contribution >= 0.6 is 0 Å². The van der Waals surface area contributed by atoms with Crippen molar-refractivity contribution in [1.29, 1.82) is 0 Å². The van der Waals surface area contributed by atoms with Crippen molar-refractivity contribution in [1.82, 2.24) is 4.57 Å². The van der Waals surface area contributed by atoms with Crippen molar-refractivity contribution in [2.45, 2.75) is 19.5 Å². The topological polar surface area (TPSA) is 34.4 Å². The number of aromatic nitrogens is 1. The van der Waals surface area contributed by atoms with E-state index in [2.05, 4.69) is 4.74 Å². The zero-order valence-electron chi connectivity index (χ0n) is 7.29. The van der Waals surface area contributed by atoms with E-state index in [9.17, 15) is 13.2 Å². The van der Waals surface area contributed by atoms with Gasteiger partial charge in [0.25, 0.3) is 0 Å². The monoisotopic (exact) mass is 209 g/mol. The Morgan fingerprint density at radius 3 is 2.64 bits per heavy atom. The van der Waals surface area contributed by atoms with Crippen LogP contribution in [0.1, 0.15) is 5.56 Å². The number of ether oxygens (including phenoxy) is 1. The lowest BCUT2D eigenvalue weighted by molar-refractivity contribution is -0.325. The predicted octanol–water partition coefficient (Wildman–Crippen LogP) is 1.52. The Kier molecular flexibility index (Phi) is 3.54. The number of halogens is 3. The molecule has 80 valence electrons. The Balaban J connectivity index is 2.31. The van der Waals surface area contributed by atoms with Gasteiger partial charge < -0.3 is 9.67 Å². The third-order valence-corrected chi connectivity index (χ3v) is 1.61. The first kappa shape index (κ1) is 11.1. The molecular weight excluding hydrogens is 199 g/mol. The van der Waals surface area contributed by atoms with E-state index in [1.807, 2.05) is 0 Å². The van der Waals surface area contributed by atoms with Crippen molar-refractivity contribution in [3.8, 4) is 0 Å². The Hall–Kier alpha value is -1.01. The van der Waals surface area contributed by atoms with Crippen molar-refractivity contribution in [2.75, 3.05) is 6.61 Å². The summed E-state index contributed by atoms with van der Waals surface area (Å²) in [6.45, 7) is -0.435. The number of nitrogens with zero attached hydrogens (tertiary/aromatic N) is 1. The van der Waals surface area contributed by atoms with Crippen molar-refractivity contribution >= 4 is 0 Å². The minimum Gasteiger partial charge on any atom is -0.392 e. The first-order valence-corrected chi connectivity index (χ1v) is 3.97. The lowest BCUT2D eigenvalue weighted by Gasteiger charge is -2.07. The fraction of sp³-hybridized carbons (Fsp3) is 0.500. The molecule has 1 rings (SSSR count). The van der Waals surface area contributed by atoms with E-state index in [1.165, 1.54) is 4.57 Å². The zero-order valence-corrected chi connectivity index (χ0v) is 7.29. The smallest absolute Gasteiger partial charge is 0.392 e. The molecule has 0 aromatic carbocycles. The van der Waals surface area contributed by atoms with Gasteiger partial charge in [0.15, 0.2) is 0 Å². The van der Waals surface area contributed by atoms with Crippen LogP contribution < -0.4 is 0 Å². The molecule has 1 N–H and O–H groups in total. The third kappa shape index (κ3) is 3.80. The number of rotatable bonds is 4. The number of hydrogen-bond acceptors (Lipinski definition) is 2.